The summed E-state index contributed by atoms with van der Waals surface area (Å²) in [4.78, 5) is 0. The molecule has 0 fully saturated rings. The Hall–Kier alpha value is 0.759. The third-order valence-electron chi connectivity index (χ3n) is 1.51. The standard InChI is InChI=1S/C8H18O.Sn.4H/c1-2-3-4-5-6-7-8-9;;;;;/h9H,2-8H2,1H3;;;;;. The van der Waals surface area contributed by atoms with Gasteiger partial charge in [-0.25, -0.2) is 0 Å². The van der Waals surface area contributed by atoms with Crippen LogP contribution in [0, 0.1) is 0 Å². The van der Waals surface area contributed by atoms with Crippen LogP contribution in [0.5, 0.6) is 0 Å². The minimum absolute atomic E-state index is 0. The van der Waals surface area contributed by atoms with Gasteiger partial charge in [0.2, 0.25) is 0 Å². The molecule has 1 nitrogen and oxygen atoms in total. The first kappa shape index (κ1) is 13.4. The van der Waals surface area contributed by atoms with Crippen molar-refractivity contribution >= 4 is 23.9 Å². The molecule has 0 aliphatic rings. The summed E-state index contributed by atoms with van der Waals surface area (Å²) in [5, 5.41) is 8.42. The van der Waals surface area contributed by atoms with Crippen molar-refractivity contribution in [1.29, 1.82) is 0 Å². The van der Waals surface area contributed by atoms with Crippen molar-refractivity contribution in [1.82, 2.24) is 0 Å². The van der Waals surface area contributed by atoms with Crippen LogP contribution in [0.1, 0.15) is 45.4 Å². The molecule has 0 aromatic heterocycles. The Balaban J connectivity index is 0. The van der Waals surface area contributed by atoms with Crippen LogP contribution in [0.3, 0.4) is 0 Å². The Labute approximate surface area is 81.2 Å². The molecule has 1 N–H and O–H groups in total. The van der Waals surface area contributed by atoms with Gasteiger partial charge in [-0.1, -0.05) is 39.0 Å². The van der Waals surface area contributed by atoms with E-state index in [1.165, 1.54) is 32.1 Å². The summed E-state index contributed by atoms with van der Waals surface area (Å²) in [7, 11) is 0. The number of rotatable bonds is 6. The molecule has 0 rings (SSSR count). The van der Waals surface area contributed by atoms with Crippen molar-refractivity contribution in [2.24, 2.45) is 0 Å². The summed E-state index contributed by atoms with van der Waals surface area (Å²) in [6.45, 7) is 2.58. The predicted molar refractivity (Wildman–Crippen MR) is 51.8 cm³/mol. The van der Waals surface area contributed by atoms with Gasteiger partial charge in [0.25, 0.3) is 0 Å². The molecule has 0 saturated carbocycles. The molecule has 0 saturated heterocycles. The van der Waals surface area contributed by atoms with Crippen LogP contribution in [-0.4, -0.2) is 35.6 Å². The summed E-state index contributed by atoms with van der Waals surface area (Å²) in [5.74, 6) is 0. The van der Waals surface area contributed by atoms with E-state index in [1.54, 1.807) is 0 Å². The zero-order valence-electron chi connectivity index (χ0n) is 6.40. The van der Waals surface area contributed by atoms with E-state index in [-0.39, 0.29) is 23.9 Å². The van der Waals surface area contributed by atoms with Crippen molar-refractivity contribution in [2.75, 3.05) is 6.61 Å². The van der Waals surface area contributed by atoms with Crippen LogP contribution in [-0.2, 0) is 0 Å². The van der Waals surface area contributed by atoms with Gasteiger partial charge in [-0.3, -0.25) is 0 Å². The van der Waals surface area contributed by atoms with Crippen molar-refractivity contribution in [2.45, 2.75) is 45.4 Å². The molecular formula is C8H22OSn. The second kappa shape index (κ2) is 12.4. The zero-order chi connectivity index (χ0) is 6.95. The van der Waals surface area contributed by atoms with E-state index >= 15 is 0 Å². The van der Waals surface area contributed by atoms with Crippen molar-refractivity contribution in [3.05, 3.63) is 0 Å². The molecule has 0 aromatic carbocycles. The van der Waals surface area contributed by atoms with Gasteiger partial charge in [-0.2, -0.15) is 0 Å². The van der Waals surface area contributed by atoms with Gasteiger partial charge in [0.05, 0.1) is 0 Å². The maximum atomic E-state index is 8.42. The van der Waals surface area contributed by atoms with Crippen LogP contribution in [0.25, 0.3) is 0 Å². The number of aliphatic hydroxyl groups excluding tert-OH is 1. The van der Waals surface area contributed by atoms with Gasteiger partial charge in [0, 0.05) is 6.61 Å². The molecule has 0 spiro atoms. The van der Waals surface area contributed by atoms with Gasteiger partial charge in [-0.05, 0) is 6.42 Å². The van der Waals surface area contributed by atoms with Crippen LogP contribution in [0.4, 0.5) is 0 Å². The minimum atomic E-state index is 0. The van der Waals surface area contributed by atoms with Crippen LogP contribution < -0.4 is 0 Å². The van der Waals surface area contributed by atoms with E-state index in [2.05, 4.69) is 6.92 Å². The van der Waals surface area contributed by atoms with Crippen molar-refractivity contribution < 1.29 is 5.11 Å². The fraction of sp³-hybridized carbons (Fsp3) is 1.00. The monoisotopic (exact) mass is 254 g/mol. The summed E-state index contributed by atoms with van der Waals surface area (Å²) in [6.07, 6.45) is 7.50. The molecule has 0 atom stereocenters. The molecule has 0 aliphatic carbocycles. The normalized spacial score (nSPS) is 9.00. The van der Waals surface area contributed by atoms with Gasteiger partial charge in [-0.15, -0.1) is 0 Å². The van der Waals surface area contributed by atoms with Gasteiger partial charge in [0.15, 0.2) is 0 Å². The molecule has 0 amide bonds. The summed E-state index contributed by atoms with van der Waals surface area (Å²) in [6, 6.07) is 0. The molecule has 64 valence electrons. The Morgan fingerprint density at radius 1 is 0.900 bits per heavy atom. The third-order valence-corrected chi connectivity index (χ3v) is 1.51. The Morgan fingerprint density at radius 3 is 1.90 bits per heavy atom. The summed E-state index contributed by atoms with van der Waals surface area (Å²) in [5.41, 5.74) is 0. The summed E-state index contributed by atoms with van der Waals surface area (Å²) < 4.78 is 0. The average molecular weight is 253 g/mol. The summed E-state index contributed by atoms with van der Waals surface area (Å²) >= 11 is 0. The maximum absolute atomic E-state index is 8.42. The number of unbranched alkanes of at least 4 members (excludes halogenated alkanes) is 5. The molecule has 0 heterocycles. The average Bonchev–Trinajstić information content (AvgIpc) is 1.89. The molecule has 0 aromatic rings. The second-order valence-corrected chi connectivity index (χ2v) is 2.49. The molecule has 0 radical (unpaired) electrons. The van der Waals surface area contributed by atoms with Gasteiger partial charge in [0.1, 0.15) is 0 Å². The first-order chi connectivity index (χ1) is 4.41. The van der Waals surface area contributed by atoms with E-state index in [0.717, 1.165) is 6.42 Å². The molecule has 10 heavy (non-hydrogen) atoms. The van der Waals surface area contributed by atoms with E-state index in [1.807, 2.05) is 0 Å². The topological polar surface area (TPSA) is 20.2 Å². The SMILES string of the molecule is CCCCCCCCO.[SnH4]. The van der Waals surface area contributed by atoms with Crippen molar-refractivity contribution in [3.8, 4) is 0 Å². The predicted octanol–water partition coefficient (Wildman–Crippen LogP) is 0.888. The molecule has 2 heteroatoms. The molecule has 0 aliphatic heterocycles. The number of hydrogen-bond donors (Lipinski definition) is 1. The quantitative estimate of drug-likeness (QED) is 0.550. The molecule has 0 unspecified atom stereocenters. The zero-order valence-corrected chi connectivity index (χ0v) is 6.40. The van der Waals surface area contributed by atoms with Gasteiger partial charge >= 0.3 is 23.9 Å². The van der Waals surface area contributed by atoms with Crippen LogP contribution in [0.2, 0.25) is 0 Å². The first-order valence-electron chi connectivity index (χ1n) is 4.02. The van der Waals surface area contributed by atoms with E-state index in [0.29, 0.717) is 6.61 Å². The molecular weight excluding hydrogens is 231 g/mol. The third kappa shape index (κ3) is 11.5. The fourth-order valence-corrected chi connectivity index (χ4v) is 0.892. The van der Waals surface area contributed by atoms with E-state index in [9.17, 15) is 0 Å². The number of hydrogen-bond acceptors (Lipinski definition) is 1. The first-order valence-corrected chi connectivity index (χ1v) is 4.02. The number of aliphatic hydroxyl groups is 1. The van der Waals surface area contributed by atoms with Crippen LogP contribution >= 0.6 is 0 Å². The van der Waals surface area contributed by atoms with Gasteiger partial charge < -0.3 is 5.11 Å². The Morgan fingerprint density at radius 2 is 1.40 bits per heavy atom. The Bertz CT molecular complexity index is 42.5. The Kier molecular flexibility index (Phi) is 16.6. The van der Waals surface area contributed by atoms with E-state index in [4.69, 9.17) is 5.11 Å². The van der Waals surface area contributed by atoms with E-state index < -0.39 is 0 Å². The molecule has 0 bridgehead atoms. The van der Waals surface area contributed by atoms with Crippen molar-refractivity contribution in [3.63, 3.8) is 0 Å². The van der Waals surface area contributed by atoms with Crippen LogP contribution in [0.15, 0.2) is 0 Å². The second-order valence-electron chi connectivity index (χ2n) is 2.49. The fourth-order valence-electron chi connectivity index (χ4n) is 0.892.